The molecule has 0 aliphatic rings. The Hall–Kier alpha value is -3.44. The Kier molecular flexibility index (Phi) is 7.75. The topological polar surface area (TPSA) is 62.7 Å². The maximum Gasteiger partial charge on any atom is 0.322 e. The minimum Gasteiger partial charge on any atom is -0.465 e. The molecule has 2 N–H and O–H groups in total. The number of carbonyl (C=O) groups excluding carboxylic acids is 1. The van der Waals surface area contributed by atoms with Gasteiger partial charge in [0.1, 0.15) is 6.04 Å². The number of hydrogen-bond donors (Lipinski definition) is 2. The van der Waals surface area contributed by atoms with Gasteiger partial charge in [0.2, 0.25) is 0 Å². The van der Waals surface area contributed by atoms with Crippen molar-refractivity contribution in [2.24, 2.45) is 5.10 Å². The number of rotatable bonds is 9. The number of para-hydroxylation sites is 1. The van der Waals surface area contributed by atoms with Gasteiger partial charge in [0.05, 0.1) is 24.0 Å². The number of carbonyl (C=O) groups is 1. The first-order valence-corrected chi connectivity index (χ1v) is 10.1. The molecule has 5 heteroatoms. The lowest BCUT2D eigenvalue weighted by Gasteiger charge is -2.25. The highest BCUT2D eigenvalue weighted by molar-refractivity contribution is 6.05. The van der Waals surface area contributed by atoms with Gasteiger partial charge in [0, 0.05) is 0 Å². The van der Waals surface area contributed by atoms with E-state index in [1.165, 1.54) is 0 Å². The van der Waals surface area contributed by atoms with Gasteiger partial charge in [0.15, 0.2) is 0 Å². The Labute approximate surface area is 177 Å². The van der Waals surface area contributed by atoms with Crippen LogP contribution in [0.1, 0.15) is 31.0 Å². The normalized spacial score (nSPS) is 13.3. The molecule has 2 atom stereocenters. The molecule has 0 aromatic heterocycles. The van der Waals surface area contributed by atoms with E-state index in [1.54, 1.807) is 13.8 Å². The third-order valence-corrected chi connectivity index (χ3v) is 4.61. The maximum atomic E-state index is 12.3. The summed E-state index contributed by atoms with van der Waals surface area (Å²) in [7, 11) is 0. The summed E-state index contributed by atoms with van der Waals surface area (Å²) in [5, 5.41) is 8.16. The van der Waals surface area contributed by atoms with Gasteiger partial charge in [0.25, 0.3) is 0 Å². The Morgan fingerprint density at radius 1 is 0.900 bits per heavy atom. The zero-order valence-electron chi connectivity index (χ0n) is 17.3. The molecule has 0 fully saturated rings. The third kappa shape index (κ3) is 5.78. The predicted octanol–water partition coefficient (Wildman–Crippen LogP) is 4.79. The summed E-state index contributed by atoms with van der Waals surface area (Å²) >= 11 is 0. The quantitative estimate of drug-likeness (QED) is 0.308. The smallest absolute Gasteiger partial charge is 0.322 e. The first-order valence-electron chi connectivity index (χ1n) is 10.1. The molecular formula is C25H27N3O2. The van der Waals surface area contributed by atoms with Crippen LogP contribution >= 0.6 is 0 Å². The maximum absolute atomic E-state index is 12.3. The first kappa shape index (κ1) is 21.3. The van der Waals surface area contributed by atoms with Crippen LogP contribution in [-0.4, -0.2) is 24.3 Å². The van der Waals surface area contributed by atoms with Crippen molar-refractivity contribution in [1.82, 2.24) is 5.32 Å². The van der Waals surface area contributed by atoms with Crippen LogP contribution < -0.4 is 10.7 Å². The molecule has 0 bridgehead atoms. The number of benzene rings is 3. The Bertz CT molecular complexity index is 944. The van der Waals surface area contributed by atoms with Crippen LogP contribution in [0, 0.1) is 0 Å². The van der Waals surface area contributed by atoms with Gasteiger partial charge in [-0.2, -0.15) is 5.10 Å². The second-order valence-electron chi connectivity index (χ2n) is 6.82. The highest BCUT2D eigenvalue weighted by atomic mass is 16.5. The summed E-state index contributed by atoms with van der Waals surface area (Å²) in [5.41, 5.74) is 6.78. The number of nitrogens with one attached hydrogen (secondary N) is 2. The van der Waals surface area contributed by atoms with Gasteiger partial charge in [-0.25, -0.2) is 0 Å². The van der Waals surface area contributed by atoms with Crippen LogP contribution in [0.15, 0.2) is 96.1 Å². The Morgan fingerprint density at radius 2 is 1.47 bits per heavy atom. The monoisotopic (exact) mass is 401 g/mol. The summed E-state index contributed by atoms with van der Waals surface area (Å²) in [5.74, 6) is -0.290. The first-order chi connectivity index (χ1) is 14.7. The molecule has 154 valence electrons. The fourth-order valence-corrected chi connectivity index (χ4v) is 3.11. The van der Waals surface area contributed by atoms with Crippen LogP contribution in [0.4, 0.5) is 5.69 Å². The summed E-state index contributed by atoms with van der Waals surface area (Å²) in [6.45, 7) is 3.96. The second-order valence-corrected chi connectivity index (χ2v) is 6.82. The molecule has 3 aromatic carbocycles. The Balaban J connectivity index is 2.00. The molecule has 0 heterocycles. The molecule has 5 nitrogen and oxygen atoms in total. The molecule has 3 rings (SSSR count). The van der Waals surface area contributed by atoms with E-state index in [0.717, 1.165) is 22.5 Å². The van der Waals surface area contributed by atoms with Crippen molar-refractivity contribution in [2.75, 3.05) is 12.0 Å². The third-order valence-electron chi connectivity index (χ3n) is 4.61. The number of hydrogen-bond acceptors (Lipinski definition) is 5. The summed E-state index contributed by atoms with van der Waals surface area (Å²) in [4.78, 5) is 12.3. The van der Waals surface area contributed by atoms with Gasteiger partial charge < -0.3 is 4.74 Å². The van der Waals surface area contributed by atoms with Gasteiger partial charge in [-0.15, -0.1) is 0 Å². The van der Waals surface area contributed by atoms with Crippen LogP contribution in [-0.2, 0) is 9.53 Å². The van der Waals surface area contributed by atoms with E-state index in [0.29, 0.717) is 6.61 Å². The zero-order chi connectivity index (χ0) is 21.2. The number of ether oxygens (including phenoxy) is 1. The zero-order valence-corrected chi connectivity index (χ0v) is 17.3. The highest BCUT2D eigenvalue weighted by Crippen LogP contribution is 2.21. The molecule has 0 radical (unpaired) electrons. The van der Waals surface area contributed by atoms with Gasteiger partial charge in [-0.05, 0) is 37.1 Å². The molecular weight excluding hydrogens is 374 g/mol. The van der Waals surface area contributed by atoms with Crippen molar-refractivity contribution in [3.8, 4) is 0 Å². The predicted molar refractivity (Wildman–Crippen MR) is 121 cm³/mol. The molecule has 30 heavy (non-hydrogen) atoms. The van der Waals surface area contributed by atoms with Crippen LogP contribution in [0.25, 0.3) is 0 Å². The molecule has 0 aliphatic carbocycles. The van der Waals surface area contributed by atoms with Crippen molar-refractivity contribution >= 4 is 17.4 Å². The fourth-order valence-electron chi connectivity index (χ4n) is 3.11. The van der Waals surface area contributed by atoms with Crippen molar-refractivity contribution in [3.05, 3.63) is 102 Å². The largest absolute Gasteiger partial charge is 0.465 e. The number of esters is 1. The minimum atomic E-state index is -0.499. The van der Waals surface area contributed by atoms with E-state index in [-0.39, 0.29) is 12.0 Å². The van der Waals surface area contributed by atoms with Crippen LogP contribution in [0.2, 0.25) is 0 Å². The minimum absolute atomic E-state index is 0.290. The van der Waals surface area contributed by atoms with Crippen molar-refractivity contribution in [3.63, 3.8) is 0 Å². The second kappa shape index (κ2) is 10.9. The van der Waals surface area contributed by atoms with Crippen molar-refractivity contribution in [2.45, 2.75) is 25.9 Å². The van der Waals surface area contributed by atoms with E-state index in [4.69, 9.17) is 9.84 Å². The Morgan fingerprint density at radius 3 is 2.07 bits per heavy atom. The standard InChI is InChI=1S/C25H27N3O2/c1-3-30-25(29)19(2)26-23(20-13-7-4-8-14-20)24(21-15-9-5-10-16-21)28-27-22-17-11-6-12-18-22/h4-19,23,26-27H,3H2,1-2H3/b28-24-/t19-,23-/m0/s1. The van der Waals surface area contributed by atoms with E-state index >= 15 is 0 Å². The molecule has 0 amide bonds. The SMILES string of the molecule is CCOC(=O)[C@H](C)N[C@H](/C(=N\Nc1ccccc1)c1ccccc1)c1ccccc1. The van der Waals surface area contributed by atoms with E-state index in [9.17, 15) is 4.79 Å². The molecule has 0 unspecified atom stereocenters. The number of anilines is 1. The molecule has 0 spiro atoms. The average Bonchev–Trinajstić information content (AvgIpc) is 2.80. The van der Waals surface area contributed by atoms with Crippen molar-refractivity contribution < 1.29 is 9.53 Å². The van der Waals surface area contributed by atoms with Crippen LogP contribution in [0.5, 0.6) is 0 Å². The molecule has 0 saturated heterocycles. The fraction of sp³-hybridized carbons (Fsp3) is 0.200. The van der Waals surface area contributed by atoms with Crippen molar-refractivity contribution in [1.29, 1.82) is 0 Å². The van der Waals surface area contributed by atoms with E-state index in [1.807, 2.05) is 91.0 Å². The highest BCUT2D eigenvalue weighted by Gasteiger charge is 2.25. The lowest BCUT2D eigenvalue weighted by atomic mass is 9.96. The van der Waals surface area contributed by atoms with E-state index in [2.05, 4.69) is 10.7 Å². The lowest BCUT2D eigenvalue weighted by Crippen LogP contribution is -2.41. The molecule has 0 aliphatic heterocycles. The van der Waals surface area contributed by atoms with E-state index < -0.39 is 6.04 Å². The van der Waals surface area contributed by atoms with Gasteiger partial charge >= 0.3 is 5.97 Å². The molecule has 0 saturated carbocycles. The number of nitrogens with zero attached hydrogens (tertiary/aromatic N) is 1. The van der Waals surface area contributed by atoms with Gasteiger partial charge in [-0.3, -0.25) is 15.5 Å². The van der Waals surface area contributed by atoms with Crippen LogP contribution in [0.3, 0.4) is 0 Å². The van der Waals surface area contributed by atoms with Gasteiger partial charge in [-0.1, -0.05) is 78.9 Å². The average molecular weight is 402 g/mol. The summed E-state index contributed by atoms with van der Waals surface area (Å²) in [6, 6.07) is 28.9. The summed E-state index contributed by atoms with van der Waals surface area (Å²) < 4.78 is 5.20. The summed E-state index contributed by atoms with van der Waals surface area (Å²) in [6.07, 6.45) is 0. The molecule has 3 aromatic rings. The number of hydrazone groups is 1. The lowest BCUT2D eigenvalue weighted by molar-refractivity contribution is -0.145.